The molecule has 3 N–H and O–H groups in total. The zero-order valence-corrected chi connectivity index (χ0v) is 12.6. The first-order chi connectivity index (χ1) is 11.1. The Morgan fingerprint density at radius 3 is 3.00 bits per heavy atom. The van der Waals surface area contributed by atoms with Crippen LogP contribution in [-0.2, 0) is 0 Å². The Morgan fingerprint density at radius 1 is 1.48 bits per heavy atom. The highest BCUT2D eigenvalue weighted by Gasteiger charge is 2.43. The molecule has 0 saturated carbocycles. The van der Waals surface area contributed by atoms with Gasteiger partial charge in [0.2, 0.25) is 5.88 Å². The van der Waals surface area contributed by atoms with Crippen molar-refractivity contribution >= 4 is 23.6 Å². The van der Waals surface area contributed by atoms with Crippen LogP contribution >= 0.6 is 11.6 Å². The smallest absolute Gasteiger partial charge is 0.388 e. The van der Waals surface area contributed by atoms with Gasteiger partial charge in [0.05, 0.1) is 22.3 Å². The molecule has 0 spiro atoms. The van der Waals surface area contributed by atoms with Crippen molar-refractivity contribution in [1.29, 1.82) is 0 Å². The van der Waals surface area contributed by atoms with E-state index in [1.807, 2.05) is 5.43 Å². The number of imidazole rings is 1. The number of rotatable bonds is 1. The molecule has 0 bridgehead atoms. The Kier molecular flexibility index (Phi) is 3.03. The van der Waals surface area contributed by atoms with E-state index >= 15 is 0 Å². The molecule has 9 heteroatoms. The van der Waals surface area contributed by atoms with Crippen LogP contribution in [-0.4, -0.2) is 33.0 Å². The average molecular weight is 334 g/mol. The van der Waals surface area contributed by atoms with Gasteiger partial charge in [-0.25, -0.2) is 15.6 Å². The number of benzene rings is 1. The molecule has 2 aliphatic rings. The van der Waals surface area contributed by atoms with Crippen molar-refractivity contribution in [2.45, 2.75) is 12.5 Å². The van der Waals surface area contributed by atoms with Gasteiger partial charge in [-0.3, -0.25) is 14.8 Å². The molecule has 23 heavy (non-hydrogen) atoms. The van der Waals surface area contributed by atoms with Crippen molar-refractivity contribution in [2.75, 3.05) is 6.54 Å². The normalized spacial score (nSPS) is 18.3. The standard InChI is InChI=1S/C14H12ClN5O3/c15-7-2-1-3-8-10(7)13(21)19-5-4-9(19)11-12(17-6-20(8)11)23-14(22)18-16/h1-3,6,9H,4-5,16H2,(H,18,22)/t9-/m0/s1. The molecule has 1 aromatic carbocycles. The van der Waals surface area contributed by atoms with Gasteiger partial charge in [-0.2, -0.15) is 0 Å². The van der Waals surface area contributed by atoms with Crippen LogP contribution in [0.4, 0.5) is 4.79 Å². The fourth-order valence-corrected chi connectivity index (χ4v) is 3.27. The van der Waals surface area contributed by atoms with E-state index in [0.717, 1.165) is 6.42 Å². The topological polar surface area (TPSA) is 102 Å². The number of fused-ring (bicyclic) bond motifs is 5. The lowest BCUT2D eigenvalue weighted by molar-refractivity contribution is 0.0456. The maximum absolute atomic E-state index is 12.7. The largest absolute Gasteiger partial charge is 0.428 e. The van der Waals surface area contributed by atoms with Crippen LogP contribution in [0, 0.1) is 0 Å². The SMILES string of the molecule is NNC(=O)Oc1ncn2c1[C@@H]1CCN1C(=O)c1c(Cl)cccc1-2. The first-order valence-corrected chi connectivity index (χ1v) is 7.35. The van der Waals surface area contributed by atoms with E-state index in [4.69, 9.17) is 22.2 Å². The van der Waals surface area contributed by atoms with Gasteiger partial charge >= 0.3 is 6.09 Å². The lowest BCUT2D eigenvalue weighted by Crippen LogP contribution is -2.45. The number of hydrogen-bond donors (Lipinski definition) is 2. The summed E-state index contributed by atoms with van der Waals surface area (Å²) < 4.78 is 6.85. The first kappa shape index (κ1) is 14.0. The summed E-state index contributed by atoms with van der Waals surface area (Å²) >= 11 is 6.23. The number of ether oxygens (including phenoxy) is 1. The van der Waals surface area contributed by atoms with Gasteiger partial charge < -0.3 is 9.64 Å². The van der Waals surface area contributed by atoms with E-state index < -0.39 is 6.09 Å². The maximum Gasteiger partial charge on any atom is 0.428 e. The molecule has 8 nitrogen and oxygen atoms in total. The Balaban J connectivity index is 1.93. The van der Waals surface area contributed by atoms with Crippen LogP contribution in [0.1, 0.15) is 28.5 Å². The van der Waals surface area contributed by atoms with Crippen LogP contribution < -0.4 is 16.0 Å². The van der Waals surface area contributed by atoms with Crippen molar-refractivity contribution in [3.63, 3.8) is 0 Å². The molecule has 1 aromatic heterocycles. The lowest BCUT2D eigenvalue weighted by Gasteiger charge is -2.39. The number of carbonyl (C=O) groups is 2. The fourth-order valence-electron chi connectivity index (χ4n) is 3.02. The number of amides is 2. The Bertz CT molecular complexity index is 834. The average Bonchev–Trinajstić information content (AvgIpc) is 2.85. The van der Waals surface area contributed by atoms with E-state index in [2.05, 4.69) is 4.98 Å². The van der Waals surface area contributed by atoms with Gasteiger partial charge in [-0.05, 0) is 18.6 Å². The monoisotopic (exact) mass is 333 g/mol. The van der Waals surface area contributed by atoms with Gasteiger partial charge in [0.15, 0.2) is 0 Å². The van der Waals surface area contributed by atoms with Gasteiger partial charge in [-0.15, -0.1) is 0 Å². The number of halogens is 1. The highest BCUT2D eigenvalue weighted by Crippen LogP contribution is 2.44. The third-order valence-corrected chi connectivity index (χ3v) is 4.45. The molecule has 4 rings (SSSR count). The third kappa shape index (κ3) is 1.92. The van der Waals surface area contributed by atoms with Crippen molar-refractivity contribution in [2.24, 2.45) is 5.84 Å². The first-order valence-electron chi connectivity index (χ1n) is 6.97. The molecule has 1 fully saturated rings. The Morgan fingerprint density at radius 2 is 2.30 bits per heavy atom. The Hall–Kier alpha value is -2.58. The van der Waals surface area contributed by atoms with E-state index in [1.54, 1.807) is 27.7 Å². The van der Waals surface area contributed by atoms with Crippen LogP contribution in [0.25, 0.3) is 5.69 Å². The van der Waals surface area contributed by atoms with Crippen LogP contribution in [0.3, 0.4) is 0 Å². The second-order valence-corrected chi connectivity index (χ2v) is 5.68. The van der Waals surface area contributed by atoms with Crippen LogP contribution in [0.2, 0.25) is 5.02 Å². The number of hydrogen-bond acceptors (Lipinski definition) is 5. The summed E-state index contributed by atoms with van der Waals surface area (Å²) in [7, 11) is 0. The Labute approximate surface area is 135 Å². The third-order valence-electron chi connectivity index (χ3n) is 4.14. The minimum atomic E-state index is -0.820. The molecule has 2 aromatic rings. The highest BCUT2D eigenvalue weighted by molar-refractivity contribution is 6.34. The predicted octanol–water partition coefficient (Wildman–Crippen LogP) is 1.39. The molecule has 0 aliphatic carbocycles. The molecule has 1 saturated heterocycles. The minimum Gasteiger partial charge on any atom is -0.388 e. The van der Waals surface area contributed by atoms with Gasteiger partial charge in [0.1, 0.15) is 12.0 Å². The summed E-state index contributed by atoms with van der Waals surface area (Å²) in [6.45, 7) is 0.613. The second kappa shape index (κ2) is 4.97. The summed E-state index contributed by atoms with van der Waals surface area (Å²) in [6, 6.07) is 5.00. The molecule has 3 heterocycles. The summed E-state index contributed by atoms with van der Waals surface area (Å²) in [4.78, 5) is 30.0. The molecule has 2 aliphatic heterocycles. The highest BCUT2D eigenvalue weighted by atomic mass is 35.5. The molecule has 2 amide bonds. The van der Waals surface area contributed by atoms with E-state index in [1.165, 1.54) is 6.33 Å². The summed E-state index contributed by atoms with van der Waals surface area (Å²) in [5.41, 5.74) is 3.56. The molecule has 0 unspecified atom stereocenters. The zero-order chi connectivity index (χ0) is 16.1. The number of hydrazine groups is 1. The van der Waals surface area contributed by atoms with E-state index in [0.29, 0.717) is 28.5 Å². The zero-order valence-electron chi connectivity index (χ0n) is 11.8. The molecular weight excluding hydrogens is 322 g/mol. The van der Waals surface area contributed by atoms with E-state index in [9.17, 15) is 9.59 Å². The second-order valence-electron chi connectivity index (χ2n) is 5.28. The van der Waals surface area contributed by atoms with Crippen molar-refractivity contribution in [1.82, 2.24) is 19.9 Å². The van der Waals surface area contributed by atoms with Crippen LogP contribution in [0.5, 0.6) is 5.88 Å². The van der Waals surface area contributed by atoms with E-state index in [-0.39, 0.29) is 17.8 Å². The molecule has 1 atom stereocenters. The summed E-state index contributed by atoms with van der Waals surface area (Å²) in [5.74, 6) is 5.04. The van der Waals surface area contributed by atoms with Gasteiger partial charge in [0, 0.05) is 6.54 Å². The molecule has 118 valence electrons. The van der Waals surface area contributed by atoms with Crippen molar-refractivity contribution in [3.05, 3.63) is 40.8 Å². The molecule has 0 radical (unpaired) electrons. The van der Waals surface area contributed by atoms with Crippen molar-refractivity contribution < 1.29 is 14.3 Å². The maximum atomic E-state index is 12.7. The number of nitrogens with two attached hydrogens (primary N) is 1. The van der Waals surface area contributed by atoms with Crippen LogP contribution in [0.15, 0.2) is 24.5 Å². The summed E-state index contributed by atoms with van der Waals surface area (Å²) in [5, 5.41) is 0.377. The minimum absolute atomic E-state index is 0.128. The molecular formula is C14H12ClN5O3. The number of nitrogens with one attached hydrogen (secondary N) is 1. The van der Waals surface area contributed by atoms with Crippen molar-refractivity contribution in [3.8, 4) is 11.6 Å². The number of nitrogens with zero attached hydrogens (tertiary/aromatic N) is 3. The van der Waals surface area contributed by atoms with Gasteiger partial charge in [-0.1, -0.05) is 17.7 Å². The predicted molar refractivity (Wildman–Crippen MR) is 80.3 cm³/mol. The number of aromatic nitrogens is 2. The lowest BCUT2D eigenvalue weighted by atomic mass is 9.99. The van der Waals surface area contributed by atoms with Gasteiger partial charge in [0.25, 0.3) is 5.91 Å². The number of carbonyl (C=O) groups excluding carboxylic acids is 2. The quantitative estimate of drug-likeness (QED) is 0.466. The fraction of sp³-hybridized carbons (Fsp3) is 0.214. The summed E-state index contributed by atoms with van der Waals surface area (Å²) in [6.07, 6.45) is 1.45.